The van der Waals surface area contributed by atoms with Gasteiger partial charge >= 0.3 is 5.97 Å². The van der Waals surface area contributed by atoms with E-state index in [2.05, 4.69) is 15.9 Å². The molecule has 6 nitrogen and oxygen atoms in total. The van der Waals surface area contributed by atoms with Crippen molar-refractivity contribution in [2.24, 2.45) is 0 Å². The summed E-state index contributed by atoms with van der Waals surface area (Å²) in [6.45, 7) is 0.137. The van der Waals surface area contributed by atoms with Gasteiger partial charge < -0.3 is 4.74 Å². The van der Waals surface area contributed by atoms with Crippen LogP contribution in [0, 0.1) is 0 Å². The summed E-state index contributed by atoms with van der Waals surface area (Å²) in [6.07, 6.45) is 0. The number of hydroxylamine groups is 1. The number of halogens is 1. The number of hydrogen-bond acceptors (Lipinski definition) is 5. The standard InChI is InChI=1S/C16H16BrNO5S/c1-18(22-2)24(20,21)15-9-5-13(6-10-15)16(19)23-11-12-3-7-14(17)8-4-12/h3-10H,11H2,1-2H3. The van der Waals surface area contributed by atoms with Crippen molar-refractivity contribution in [1.82, 2.24) is 4.47 Å². The van der Waals surface area contributed by atoms with E-state index in [1.165, 1.54) is 38.4 Å². The predicted molar refractivity (Wildman–Crippen MR) is 91.7 cm³/mol. The van der Waals surface area contributed by atoms with Crippen molar-refractivity contribution in [2.75, 3.05) is 14.2 Å². The zero-order chi connectivity index (χ0) is 17.7. The Morgan fingerprint density at radius 3 is 2.21 bits per heavy atom. The molecule has 0 fully saturated rings. The smallest absolute Gasteiger partial charge is 0.338 e. The van der Waals surface area contributed by atoms with Gasteiger partial charge in [0.1, 0.15) is 6.61 Å². The molecule has 0 radical (unpaired) electrons. The first-order valence-electron chi connectivity index (χ1n) is 6.89. The highest BCUT2D eigenvalue weighted by Crippen LogP contribution is 2.16. The SMILES string of the molecule is CON(C)S(=O)(=O)c1ccc(C(=O)OCc2ccc(Br)cc2)cc1. The molecule has 2 aromatic carbocycles. The van der Waals surface area contributed by atoms with Crippen LogP contribution in [0.4, 0.5) is 0 Å². The van der Waals surface area contributed by atoms with E-state index in [1.54, 1.807) is 0 Å². The Morgan fingerprint density at radius 2 is 1.67 bits per heavy atom. The van der Waals surface area contributed by atoms with E-state index >= 15 is 0 Å². The third-order valence-corrected chi connectivity index (χ3v) is 5.49. The van der Waals surface area contributed by atoms with Crippen LogP contribution in [0.2, 0.25) is 0 Å². The summed E-state index contributed by atoms with van der Waals surface area (Å²) >= 11 is 3.33. The summed E-state index contributed by atoms with van der Waals surface area (Å²) in [6, 6.07) is 12.9. The first kappa shape index (κ1) is 18.6. The van der Waals surface area contributed by atoms with Gasteiger partial charge in [0.2, 0.25) is 0 Å². The van der Waals surface area contributed by atoms with Crippen LogP contribution in [0.15, 0.2) is 57.9 Å². The van der Waals surface area contributed by atoms with Gasteiger partial charge in [0, 0.05) is 11.5 Å². The first-order valence-corrected chi connectivity index (χ1v) is 9.12. The second-order valence-corrected chi connectivity index (χ2v) is 7.68. The minimum absolute atomic E-state index is 0.0244. The van der Waals surface area contributed by atoms with Gasteiger partial charge in [-0.1, -0.05) is 32.5 Å². The van der Waals surface area contributed by atoms with Crippen LogP contribution in [-0.4, -0.2) is 33.0 Å². The molecule has 0 aliphatic rings. The highest BCUT2D eigenvalue weighted by molar-refractivity contribution is 9.10. The number of esters is 1. The van der Waals surface area contributed by atoms with Crippen LogP contribution in [0.1, 0.15) is 15.9 Å². The van der Waals surface area contributed by atoms with E-state index in [1.807, 2.05) is 24.3 Å². The number of benzene rings is 2. The van der Waals surface area contributed by atoms with Crippen molar-refractivity contribution in [3.8, 4) is 0 Å². The largest absolute Gasteiger partial charge is 0.457 e. The predicted octanol–water partition coefficient (Wildman–Crippen LogP) is 2.99. The number of hydrogen-bond donors (Lipinski definition) is 0. The molecule has 0 heterocycles. The molecule has 0 amide bonds. The topological polar surface area (TPSA) is 72.9 Å². The minimum Gasteiger partial charge on any atom is -0.457 e. The molecule has 8 heteroatoms. The number of nitrogens with zero attached hydrogens (tertiary/aromatic N) is 1. The zero-order valence-corrected chi connectivity index (χ0v) is 15.5. The summed E-state index contributed by atoms with van der Waals surface area (Å²) < 4.78 is 31.0. The minimum atomic E-state index is -3.74. The molecule has 0 atom stereocenters. The number of sulfonamides is 1. The molecule has 0 N–H and O–H groups in total. The fourth-order valence-electron chi connectivity index (χ4n) is 1.82. The van der Waals surface area contributed by atoms with E-state index in [4.69, 9.17) is 9.57 Å². The molecule has 0 aromatic heterocycles. The average molecular weight is 414 g/mol. The van der Waals surface area contributed by atoms with Crippen LogP contribution in [0.5, 0.6) is 0 Å². The normalized spacial score (nSPS) is 11.5. The molecular formula is C16H16BrNO5S. The van der Waals surface area contributed by atoms with Crippen molar-refractivity contribution in [3.05, 3.63) is 64.1 Å². The third kappa shape index (κ3) is 4.41. The van der Waals surface area contributed by atoms with Crippen molar-refractivity contribution in [2.45, 2.75) is 11.5 Å². The summed E-state index contributed by atoms with van der Waals surface area (Å²) in [5.74, 6) is -0.526. The lowest BCUT2D eigenvalue weighted by Crippen LogP contribution is -2.25. The van der Waals surface area contributed by atoms with E-state index in [0.717, 1.165) is 14.5 Å². The molecule has 0 spiro atoms. The van der Waals surface area contributed by atoms with Crippen LogP contribution in [0.25, 0.3) is 0 Å². The van der Waals surface area contributed by atoms with Gasteiger partial charge in [-0.05, 0) is 42.0 Å². The van der Waals surface area contributed by atoms with Gasteiger partial charge in [-0.3, -0.25) is 4.84 Å². The van der Waals surface area contributed by atoms with E-state index < -0.39 is 16.0 Å². The van der Waals surface area contributed by atoms with Crippen molar-refractivity contribution in [3.63, 3.8) is 0 Å². The van der Waals surface area contributed by atoms with Gasteiger partial charge in [0.05, 0.1) is 17.6 Å². The Morgan fingerprint density at radius 1 is 1.08 bits per heavy atom. The maximum atomic E-state index is 12.1. The fraction of sp³-hybridized carbons (Fsp3) is 0.188. The number of carbonyl (C=O) groups is 1. The number of rotatable bonds is 6. The molecule has 0 saturated carbocycles. The Kier molecular flexibility index (Phi) is 6.11. The zero-order valence-electron chi connectivity index (χ0n) is 13.1. The highest BCUT2D eigenvalue weighted by Gasteiger charge is 2.21. The summed E-state index contributed by atoms with van der Waals surface area (Å²) in [5, 5.41) is 0. The van der Waals surface area contributed by atoms with Crippen molar-refractivity contribution in [1.29, 1.82) is 0 Å². The van der Waals surface area contributed by atoms with Crippen LogP contribution in [0.3, 0.4) is 0 Å². The van der Waals surface area contributed by atoms with Crippen LogP contribution >= 0.6 is 15.9 Å². The molecule has 24 heavy (non-hydrogen) atoms. The monoisotopic (exact) mass is 413 g/mol. The maximum Gasteiger partial charge on any atom is 0.338 e. The molecule has 0 bridgehead atoms. The third-order valence-electron chi connectivity index (χ3n) is 3.27. The van der Waals surface area contributed by atoms with Crippen LogP contribution < -0.4 is 0 Å². The summed E-state index contributed by atoms with van der Waals surface area (Å²) in [4.78, 5) is 16.7. The van der Waals surface area contributed by atoms with E-state index in [9.17, 15) is 13.2 Å². The van der Waals surface area contributed by atoms with Gasteiger partial charge in [-0.25, -0.2) is 13.2 Å². The highest BCUT2D eigenvalue weighted by atomic mass is 79.9. The van der Waals surface area contributed by atoms with Crippen LogP contribution in [-0.2, 0) is 26.2 Å². The van der Waals surface area contributed by atoms with E-state index in [-0.39, 0.29) is 17.1 Å². The second-order valence-electron chi connectivity index (χ2n) is 4.82. The molecule has 2 aromatic rings. The molecular weight excluding hydrogens is 398 g/mol. The molecule has 0 unspecified atom stereocenters. The maximum absolute atomic E-state index is 12.1. The van der Waals surface area contributed by atoms with Gasteiger partial charge in [-0.2, -0.15) is 0 Å². The Labute approximate surface area is 149 Å². The summed E-state index contributed by atoms with van der Waals surface area (Å²) in [7, 11) is -1.19. The second kappa shape index (κ2) is 7.89. The fourth-order valence-corrected chi connectivity index (χ4v) is 3.06. The quantitative estimate of drug-likeness (QED) is 0.537. The number of carbonyl (C=O) groups excluding carboxylic acids is 1. The lowest BCUT2D eigenvalue weighted by Gasteiger charge is -2.14. The number of ether oxygens (including phenoxy) is 1. The lowest BCUT2D eigenvalue weighted by atomic mass is 10.2. The van der Waals surface area contributed by atoms with Crippen molar-refractivity contribution < 1.29 is 22.8 Å². The van der Waals surface area contributed by atoms with Gasteiger partial charge in [-0.15, -0.1) is 0 Å². The van der Waals surface area contributed by atoms with Gasteiger partial charge in [0.15, 0.2) is 0 Å². The lowest BCUT2D eigenvalue weighted by molar-refractivity contribution is -0.0258. The Balaban J connectivity index is 2.05. The average Bonchev–Trinajstić information content (AvgIpc) is 2.60. The Hall–Kier alpha value is -1.74. The molecule has 0 aliphatic heterocycles. The molecule has 0 saturated heterocycles. The summed E-state index contributed by atoms with van der Waals surface area (Å²) in [5.41, 5.74) is 1.12. The molecule has 2 rings (SSSR count). The molecule has 128 valence electrons. The molecule has 0 aliphatic carbocycles. The Bertz CT molecular complexity index is 803. The van der Waals surface area contributed by atoms with Crippen molar-refractivity contribution >= 4 is 31.9 Å². The van der Waals surface area contributed by atoms with E-state index in [0.29, 0.717) is 0 Å². The van der Waals surface area contributed by atoms with Gasteiger partial charge in [0.25, 0.3) is 10.0 Å². The first-order chi connectivity index (χ1) is 11.3.